The van der Waals surface area contributed by atoms with E-state index in [0.717, 1.165) is 12.1 Å². The Morgan fingerprint density at radius 3 is 2.00 bits per heavy atom. The topological polar surface area (TPSA) is 160 Å². The second-order valence-corrected chi connectivity index (χ2v) is 6.46. The van der Waals surface area contributed by atoms with Gasteiger partial charge in [-0.2, -0.15) is 0 Å². The van der Waals surface area contributed by atoms with Gasteiger partial charge in [-0.15, -0.1) is 0 Å². The van der Waals surface area contributed by atoms with Crippen LogP contribution in [0.2, 0.25) is 0 Å². The Kier molecular flexibility index (Phi) is 8.04. The summed E-state index contributed by atoms with van der Waals surface area (Å²) >= 11 is 0. The van der Waals surface area contributed by atoms with Crippen LogP contribution in [0.1, 0.15) is 19.4 Å². The number of ether oxygens (including phenoxy) is 3. The van der Waals surface area contributed by atoms with Gasteiger partial charge < -0.3 is 19.5 Å². The number of hydrogen-bond acceptors (Lipinski definition) is 9. The van der Waals surface area contributed by atoms with E-state index >= 15 is 0 Å². The van der Waals surface area contributed by atoms with Gasteiger partial charge in [0.2, 0.25) is 5.91 Å². The van der Waals surface area contributed by atoms with Crippen molar-refractivity contribution in [2.24, 2.45) is 0 Å². The molecular weight excluding hydrogens is 426 g/mol. The molecule has 0 saturated heterocycles. The Morgan fingerprint density at radius 1 is 1.03 bits per heavy atom. The predicted molar refractivity (Wildman–Crippen MR) is 111 cm³/mol. The number of nitrogens with zero attached hydrogens (tertiary/aromatic N) is 2. The van der Waals surface area contributed by atoms with E-state index in [9.17, 15) is 29.8 Å². The molecule has 0 bridgehead atoms. The van der Waals surface area contributed by atoms with Crippen molar-refractivity contribution >= 4 is 23.3 Å². The van der Waals surface area contributed by atoms with Crippen molar-refractivity contribution < 1.29 is 33.6 Å². The minimum absolute atomic E-state index is 0.0455. The number of rotatable bonds is 10. The van der Waals surface area contributed by atoms with E-state index < -0.39 is 44.9 Å². The van der Waals surface area contributed by atoms with Crippen LogP contribution >= 0.6 is 0 Å². The van der Waals surface area contributed by atoms with Crippen LogP contribution in [0.15, 0.2) is 36.4 Å². The van der Waals surface area contributed by atoms with Crippen molar-refractivity contribution in [2.75, 3.05) is 13.7 Å². The van der Waals surface area contributed by atoms with E-state index in [1.54, 1.807) is 6.92 Å². The minimum Gasteiger partial charge on any atom is -0.497 e. The molecule has 0 aromatic heterocycles. The highest BCUT2D eigenvalue weighted by atomic mass is 16.6. The number of carbonyl (C=O) groups excluding carboxylic acids is 2. The number of carbonyl (C=O) groups is 2. The Hall–Kier alpha value is -4.22. The summed E-state index contributed by atoms with van der Waals surface area (Å²) in [5, 5.41) is 25.7. The number of methoxy groups -OCH3 is 1. The average Bonchev–Trinajstić information content (AvgIpc) is 2.74. The first-order valence-corrected chi connectivity index (χ1v) is 9.37. The fourth-order valence-electron chi connectivity index (χ4n) is 2.83. The molecule has 0 aliphatic rings. The molecule has 0 aliphatic carbocycles. The summed E-state index contributed by atoms with van der Waals surface area (Å²) in [4.78, 5) is 45.3. The Balaban J connectivity index is 2.50. The number of nitrogens with one attached hydrogen (secondary N) is 1. The second kappa shape index (κ2) is 10.7. The Morgan fingerprint density at radius 2 is 1.56 bits per heavy atom. The average molecular weight is 447 g/mol. The molecule has 0 aliphatic heterocycles. The highest BCUT2D eigenvalue weighted by molar-refractivity contribution is 5.83. The molecule has 12 nitrogen and oxygen atoms in total. The zero-order valence-corrected chi connectivity index (χ0v) is 17.5. The van der Waals surface area contributed by atoms with Gasteiger partial charge in [0, 0.05) is 25.5 Å². The smallest absolute Gasteiger partial charge is 0.328 e. The third kappa shape index (κ3) is 6.14. The van der Waals surface area contributed by atoms with Gasteiger partial charge in [0.1, 0.15) is 17.5 Å². The molecular formula is C20H21N3O9. The van der Waals surface area contributed by atoms with Gasteiger partial charge in [-0.25, -0.2) is 4.79 Å². The van der Waals surface area contributed by atoms with Crippen molar-refractivity contribution in [3.05, 3.63) is 62.2 Å². The van der Waals surface area contributed by atoms with E-state index in [0.29, 0.717) is 5.75 Å². The van der Waals surface area contributed by atoms with Gasteiger partial charge in [-0.3, -0.25) is 25.0 Å². The van der Waals surface area contributed by atoms with Crippen LogP contribution in [0.5, 0.6) is 17.2 Å². The van der Waals surface area contributed by atoms with Crippen molar-refractivity contribution in [1.29, 1.82) is 0 Å². The largest absolute Gasteiger partial charge is 0.497 e. The maximum atomic E-state index is 12.1. The first-order valence-electron chi connectivity index (χ1n) is 9.37. The summed E-state index contributed by atoms with van der Waals surface area (Å²) in [5.74, 6) is -1.26. The van der Waals surface area contributed by atoms with Gasteiger partial charge in [-0.05, 0) is 36.8 Å². The fraction of sp³-hybridized carbons (Fsp3) is 0.300. The van der Waals surface area contributed by atoms with E-state index in [4.69, 9.17) is 14.2 Å². The fourth-order valence-corrected chi connectivity index (χ4v) is 2.83. The van der Waals surface area contributed by atoms with Crippen LogP contribution in [0, 0.1) is 20.2 Å². The highest BCUT2D eigenvalue weighted by Gasteiger charge is 2.31. The predicted octanol–water partition coefficient (Wildman–Crippen LogP) is 2.91. The van der Waals surface area contributed by atoms with Gasteiger partial charge in [0.15, 0.2) is 0 Å². The molecule has 0 radical (unpaired) electrons. The van der Waals surface area contributed by atoms with Crippen molar-refractivity contribution in [2.45, 2.75) is 26.3 Å². The van der Waals surface area contributed by atoms with Crippen LogP contribution in [0.3, 0.4) is 0 Å². The van der Waals surface area contributed by atoms with E-state index in [1.165, 1.54) is 38.3 Å². The standard InChI is InChI=1S/C20H21N3O9/c1-4-31-20(25)16(21-12(2)24)9-13-10-17(22(26)27)19(18(11-13)23(28)29)32-15-7-5-14(30-3)6-8-15/h5-8,10-11,16H,4,9H2,1-3H3,(H,21,24)/t16-/m1/s1. The molecule has 0 unspecified atom stereocenters. The van der Waals surface area contributed by atoms with Gasteiger partial charge in [0.05, 0.1) is 23.6 Å². The molecule has 1 N–H and O–H groups in total. The molecule has 0 fully saturated rings. The lowest BCUT2D eigenvalue weighted by Gasteiger charge is -2.17. The first kappa shape index (κ1) is 24.1. The third-order valence-corrected chi connectivity index (χ3v) is 4.17. The summed E-state index contributed by atoms with van der Waals surface area (Å²) < 4.78 is 15.4. The Labute approximate surface area is 182 Å². The van der Waals surface area contributed by atoms with Crippen molar-refractivity contribution in [3.8, 4) is 17.2 Å². The van der Waals surface area contributed by atoms with Gasteiger partial charge in [-0.1, -0.05) is 0 Å². The molecule has 32 heavy (non-hydrogen) atoms. The molecule has 170 valence electrons. The van der Waals surface area contributed by atoms with Crippen LogP contribution in [0.25, 0.3) is 0 Å². The number of hydrogen-bond donors (Lipinski definition) is 1. The lowest BCUT2D eigenvalue weighted by molar-refractivity contribution is -0.395. The lowest BCUT2D eigenvalue weighted by Crippen LogP contribution is -2.42. The monoisotopic (exact) mass is 447 g/mol. The Bertz CT molecular complexity index is 986. The normalized spacial score (nSPS) is 11.2. The molecule has 1 atom stereocenters. The van der Waals surface area contributed by atoms with Crippen molar-refractivity contribution in [3.63, 3.8) is 0 Å². The van der Waals surface area contributed by atoms with E-state index in [-0.39, 0.29) is 24.3 Å². The van der Waals surface area contributed by atoms with Crippen LogP contribution in [-0.4, -0.2) is 41.5 Å². The van der Waals surface area contributed by atoms with Crippen LogP contribution in [0.4, 0.5) is 11.4 Å². The maximum absolute atomic E-state index is 12.1. The zero-order chi connectivity index (χ0) is 23.8. The number of benzene rings is 2. The second-order valence-electron chi connectivity index (χ2n) is 6.46. The lowest BCUT2D eigenvalue weighted by atomic mass is 10.0. The first-order chi connectivity index (χ1) is 15.2. The third-order valence-electron chi connectivity index (χ3n) is 4.17. The minimum atomic E-state index is -1.18. The van der Waals surface area contributed by atoms with E-state index in [1.807, 2.05) is 0 Å². The molecule has 2 rings (SSSR count). The summed E-state index contributed by atoms with van der Waals surface area (Å²) in [6, 6.07) is 6.86. The number of nitro benzene ring substituents is 2. The van der Waals surface area contributed by atoms with Crippen molar-refractivity contribution in [1.82, 2.24) is 5.32 Å². The van der Waals surface area contributed by atoms with Crippen LogP contribution in [-0.2, 0) is 20.7 Å². The van der Waals surface area contributed by atoms with E-state index in [2.05, 4.69) is 5.32 Å². The molecule has 0 saturated carbocycles. The molecule has 0 heterocycles. The zero-order valence-electron chi connectivity index (χ0n) is 17.5. The number of esters is 1. The maximum Gasteiger partial charge on any atom is 0.328 e. The van der Waals surface area contributed by atoms with Gasteiger partial charge >= 0.3 is 17.3 Å². The SMILES string of the molecule is CCOC(=O)[C@@H](Cc1cc([N+](=O)[O-])c(Oc2ccc(OC)cc2)c([N+](=O)[O-])c1)NC(C)=O. The molecule has 2 aromatic rings. The summed E-state index contributed by atoms with van der Waals surface area (Å²) in [6.45, 7) is 2.80. The summed E-state index contributed by atoms with van der Waals surface area (Å²) in [7, 11) is 1.45. The molecule has 2 aromatic carbocycles. The number of amides is 1. The highest BCUT2D eigenvalue weighted by Crippen LogP contribution is 2.41. The molecule has 0 spiro atoms. The van der Waals surface area contributed by atoms with Crippen LogP contribution < -0.4 is 14.8 Å². The van der Waals surface area contributed by atoms with Gasteiger partial charge in [0.25, 0.3) is 5.75 Å². The quantitative estimate of drug-likeness (QED) is 0.328. The molecule has 12 heteroatoms. The number of nitro groups is 2. The summed E-state index contributed by atoms with van der Waals surface area (Å²) in [5.41, 5.74) is -1.27. The summed E-state index contributed by atoms with van der Waals surface area (Å²) in [6.07, 6.45) is -0.261. The molecule has 1 amide bonds.